The van der Waals surface area contributed by atoms with Crippen LogP contribution in [0.5, 0.6) is 0 Å². The highest BCUT2D eigenvalue weighted by molar-refractivity contribution is 8.03. The van der Waals surface area contributed by atoms with Gasteiger partial charge in [0.2, 0.25) is 0 Å². The largest absolute Gasteiger partial charge is 0.385 e. The van der Waals surface area contributed by atoms with Crippen LogP contribution in [0.4, 0.5) is 0 Å². The van der Waals surface area contributed by atoms with E-state index in [1.807, 2.05) is 54.6 Å². The van der Waals surface area contributed by atoms with Crippen LogP contribution in [0, 0.1) is 11.2 Å². The van der Waals surface area contributed by atoms with Gasteiger partial charge in [0.1, 0.15) is 0 Å². The molecule has 0 aromatic heterocycles. The quantitative estimate of drug-likeness (QED) is 0.854. The molecule has 2 aromatic carbocycles. The molecular formula is C17H15ClOS. The van der Waals surface area contributed by atoms with Crippen molar-refractivity contribution in [2.75, 3.05) is 5.75 Å². The van der Waals surface area contributed by atoms with Crippen LogP contribution in [0.2, 0.25) is 5.02 Å². The lowest BCUT2D eigenvalue weighted by molar-refractivity contribution is 0.0841. The van der Waals surface area contributed by atoms with E-state index in [0.29, 0.717) is 10.8 Å². The normalized spacial score (nSPS) is 13.2. The fourth-order valence-electron chi connectivity index (χ4n) is 1.69. The van der Waals surface area contributed by atoms with E-state index in [4.69, 9.17) is 11.6 Å². The van der Waals surface area contributed by atoms with Crippen molar-refractivity contribution in [1.82, 2.24) is 0 Å². The van der Waals surface area contributed by atoms with Gasteiger partial charge in [-0.3, -0.25) is 0 Å². The summed E-state index contributed by atoms with van der Waals surface area (Å²) in [6.07, 6.45) is 0. The minimum Gasteiger partial charge on any atom is -0.385 e. The van der Waals surface area contributed by atoms with Crippen LogP contribution < -0.4 is 0 Å². The minimum absolute atomic E-state index is 0.525. The molecule has 0 saturated carbocycles. The van der Waals surface area contributed by atoms with Crippen LogP contribution in [-0.4, -0.2) is 10.9 Å². The number of thioether (sulfide) groups is 1. The highest BCUT2D eigenvalue weighted by Crippen LogP contribution is 2.24. The summed E-state index contributed by atoms with van der Waals surface area (Å²) in [6.45, 7) is 1.80. The van der Waals surface area contributed by atoms with Crippen molar-refractivity contribution < 1.29 is 5.11 Å². The average Bonchev–Trinajstić information content (AvgIpc) is 2.46. The lowest BCUT2D eigenvalue weighted by Crippen LogP contribution is -2.23. The van der Waals surface area contributed by atoms with Crippen LogP contribution >= 0.6 is 23.4 Å². The van der Waals surface area contributed by atoms with E-state index in [-0.39, 0.29) is 0 Å². The standard InChI is InChI=1S/C17H15ClOS/c1-17(19,15-5-3-2-4-6-15)13-20-12-11-14-7-9-16(18)10-8-14/h2-10,19H,13H2,1H3. The average molecular weight is 303 g/mol. The van der Waals surface area contributed by atoms with Crippen LogP contribution in [0.3, 0.4) is 0 Å². The van der Waals surface area contributed by atoms with Crippen molar-refractivity contribution in [3.05, 3.63) is 70.7 Å². The molecule has 0 spiro atoms. The summed E-state index contributed by atoms with van der Waals surface area (Å²) in [5, 5.41) is 14.1. The van der Waals surface area contributed by atoms with E-state index in [1.165, 1.54) is 11.8 Å². The molecule has 0 radical (unpaired) electrons. The van der Waals surface area contributed by atoms with Gasteiger partial charge in [-0.15, -0.1) is 0 Å². The first-order valence-corrected chi connectivity index (χ1v) is 7.60. The van der Waals surface area contributed by atoms with Gasteiger partial charge in [-0.2, -0.15) is 0 Å². The SMILES string of the molecule is CC(O)(CSC#Cc1ccc(Cl)cc1)c1ccccc1. The van der Waals surface area contributed by atoms with Gasteiger partial charge in [0.15, 0.2) is 0 Å². The zero-order valence-electron chi connectivity index (χ0n) is 11.1. The first kappa shape index (κ1) is 15.0. The molecule has 1 unspecified atom stereocenters. The van der Waals surface area contributed by atoms with E-state index in [0.717, 1.165) is 11.1 Å². The van der Waals surface area contributed by atoms with Crippen LogP contribution in [0.15, 0.2) is 54.6 Å². The van der Waals surface area contributed by atoms with E-state index < -0.39 is 5.60 Å². The summed E-state index contributed by atoms with van der Waals surface area (Å²) in [5.41, 5.74) is 0.947. The highest BCUT2D eigenvalue weighted by atomic mass is 35.5. The second-order valence-electron chi connectivity index (χ2n) is 4.66. The molecule has 0 heterocycles. The van der Waals surface area contributed by atoms with E-state index in [9.17, 15) is 5.11 Å². The Kier molecular flexibility index (Phi) is 5.14. The zero-order chi connectivity index (χ0) is 14.4. The number of hydrogen-bond donors (Lipinski definition) is 1. The topological polar surface area (TPSA) is 20.2 Å². The Morgan fingerprint density at radius 2 is 1.75 bits per heavy atom. The Morgan fingerprint density at radius 1 is 1.10 bits per heavy atom. The molecule has 2 rings (SSSR count). The van der Waals surface area contributed by atoms with Crippen molar-refractivity contribution in [1.29, 1.82) is 0 Å². The second kappa shape index (κ2) is 6.85. The molecule has 3 heteroatoms. The zero-order valence-corrected chi connectivity index (χ0v) is 12.7. The maximum atomic E-state index is 10.4. The number of rotatable bonds is 3. The van der Waals surface area contributed by atoms with Gasteiger partial charge in [0, 0.05) is 16.3 Å². The summed E-state index contributed by atoms with van der Waals surface area (Å²) >= 11 is 7.22. The Balaban J connectivity index is 1.94. The summed E-state index contributed by atoms with van der Waals surface area (Å²) in [5.74, 6) is 3.56. The smallest absolute Gasteiger partial charge is 0.0968 e. The van der Waals surface area contributed by atoms with Crippen molar-refractivity contribution in [2.45, 2.75) is 12.5 Å². The molecular weight excluding hydrogens is 288 g/mol. The van der Waals surface area contributed by atoms with Gasteiger partial charge in [0.05, 0.1) is 5.60 Å². The monoisotopic (exact) mass is 302 g/mol. The van der Waals surface area contributed by atoms with E-state index in [2.05, 4.69) is 11.2 Å². The van der Waals surface area contributed by atoms with Gasteiger partial charge < -0.3 is 5.11 Å². The molecule has 0 aliphatic heterocycles. The Hall–Kier alpha value is -1.40. The molecule has 20 heavy (non-hydrogen) atoms. The predicted octanol–water partition coefficient (Wildman–Crippen LogP) is 4.29. The highest BCUT2D eigenvalue weighted by Gasteiger charge is 2.22. The molecule has 0 saturated heterocycles. The van der Waals surface area contributed by atoms with Gasteiger partial charge in [-0.1, -0.05) is 59.6 Å². The van der Waals surface area contributed by atoms with Crippen molar-refractivity contribution in [3.8, 4) is 11.2 Å². The lowest BCUT2D eigenvalue weighted by atomic mass is 9.99. The second-order valence-corrected chi connectivity index (χ2v) is 5.88. The third kappa shape index (κ3) is 4.31. The van der Waals surface area contributed by atoms with Crippen LogP contribution in [0.25, 0.3) is 0 Å². The molecule has 0 bridgehead atoms. The molecule has 1 nitrogen and oxygen atoms in total. The summed E-state index contributed by atoms with van der Waals surface area (Å²) in [4.78, 5) is 0. The summed E-state index contributed by atoms with van der Waals surface area (Å²) < 4.78 is 0. The number of hydrogen-bond acceptors (Lipinski definition) is 2. The fourth-order valence-corrected chi connectivity index (χ4v) is 2.52. The molecule has 0 aliphatic carbocycles. The Bertz CT molecular complexity index is 609. The molecule has 102 valence electrons. The van der Waals surface area contributed by atoms with Gasteiger partial charge in [-0.05, 0) is 42.0 Å². The molecule has 1 N–H and O–H groups in total. The Morgan fingerprint density at radius 3 is 2.40 bits per heavy atom. The first-order chi connectivity index (χ1) is 9.58. The maximum Gasteiger partial charge on any atom is 0.0968 e. The predicted molar refractivity (Wildman–Crippen MR) is 86.8 cm³/mol. The maximum absolute atomic E-state index is 10.4. The number of aliphatic hydroxyl groups is 1. The van der Waals surface area contributed by atoms with Gasteiger partial charge in [0.25, 0.3) is 0 Å². The number of halogens is 1. The van der Waals surface area contributed by atoms with Crippen molar-refractivity contribution >= 4 is 23.4 Å². The first-order valence-electron chi connectivity index (χ1n) is 6.24. The van der Waals surface area contributed by atoms with Gasteiger partial charge >= 0.3 is 0 Å². The molecule has 0 fully saturated rings. The Labute approximate surface area is 129 Å². The van der Waals surface area contributed by atoms with Crippen LogP contribution in [-0.2, 0) is 5.60 Å². The third-order valence-corrected chi connectivity index (χ3v) is 4.07. The molecule has 0 aliphatic rings. The van der Waals surface area contributed by atoms with E-state index >= 15 is 0 Å². The molecule has 1 atom stereocenters. The summed E-state index contributed by atoms with van der Waals surface area (Å²) in [7, 11) is 0. The van der Waals surface area contributed by atoms with Gasteiger partial charge in [-0.25, -0.2) is 0 Å². The molecule has 2 aromatic rings. The van der Waals surface area contributed by atoms with Crippen molar-refractivity contribution in [3.63, 3.8) is 0 Å². The van der Waals surface area contributed by atoms with E-state index in [1.54, 1.807) is 6.92 Å². The fraction of sp³-hybridized carbons (Fsp3) is 0.176. The minimum atomic E-state index is -0.874. The van der Waals surface area contributed by atoms with Crippen LogP contribution in [0.1, 0.15) is 18.1 Å². The lowest BCUT2D eigenvalue weighted by Gasteiger charge is -2.21. The third-order valence-electron chi connectivity index (χ3n) is 2.86. The number of benzene rings is 2. The summed E-state index contributed by atoms with van der Waals surface area (Å²) in [6, 6.07) is 17.0. The molecule has 0 amide bonds. The van der Waals surface area contributed by atoms with Crippen molar-refractivity contribution in [2.24, 2.45) is 0 Å².